The molecule has 3 fully saturated rings. The summed E-state index contributed by atoms with van der Waals surface area (Å²) in [6.45, 7) is 4.15. The predicted molar refractivity (Wildman–Crippen MR) is 127 cm³/mol. The molecule has 0 radical (unpaired) electrons. The van der Waals surface area contributed by atoms with Crippen LogP contribution in [0, 0.1) is 28.6 Å². The number of fused-ring (bicyclic) bond motifs is 5. The number of hydrogen-bond acceptors (Lipinski definition) is 6. The van der Waals surface area contributed by atoms with Gasteiger partial charge >= 0.3 is 5.97 Å². The van der Waals surface area contributed by atoms with Gasteiger partial charge in [-0.2, -0.15) is 0 Å². The van der Waals surface area contributed by atoms with Gasteiger partial charge in [0.2, 0.25) is 0 Å². The molecule has 4 aliphatic rings. The Morgan fingerprint density at radius 1 is 1.16 bits per heavy atom. The maximum atomic E-state index is 13.2. The maximum absolute atomic E-state index is 13.2. The smallest absolute Gasteiger partial charge is 0.322 e. The normalized spacial score (nSPS) is 40.5. The number of carboxylic acid groups (broad SMARTS) is 1. The first kappa shape index (κ1) is 23.9. The van der Waals surface area contributed by atoms with Crippen LogP contribution >= 0.6 is 24.0 Å². The number of rotatable bonds is 5. The van der Waals surface area contributed by atoms with E-state index in [1.54, 1.807) is 0 Å². The highest BCUT2D eigenvalue weighted by molar-refractivity contribution is 8.23. The fraction of sp³-hybridized carbons (Fsp3) is 0.750. The summed E-state index contributed by atoms with van der Waals surface area (Å²) < 4.78 is 0.263. The number of aliphatic carboxylic acids is 1. The first-order valence-electron chi connectivity index (χ1n) is 11.6. The van der Waals surface area contributed by atoms with Crippen LogP contribution in [-0.2, 0) is 14.4 Å². The molecule has 176 valence electrons. The third kappa shape index (κ3) is 3.76. The average Bonchev–Trinajstić information content (AvgIpc) is 3.03. The van der Waals surface area contributed by atoms with E-state index in [4.69, 9.17) is 17.3 Å². The highest BCUT2D eigenvalue weighted by atomic mass is 32.2. The molecule has 3 N–H and O–H groups in total. The Hall–Kier alpha value is -1.25. The number of Topliss-reactive ketones (excluding diaryl/α,β-unsaturated/α-hetero) is 1. The van der Waals surface area contributed by atoms with E-state index in [2.05, 4.69) is 19.2 Å². The number of carbonyl (C=O) groups excluding carboxylic acids is 2. The molecule has 8 heteroatoms. The van der Waals surface area contributed by atoms with Crippen molar-refractivity contribution in [3.05, 3.63) is 11.6 Å². The molecule has 0 amide bonds. The van der Waals surface area contributed by atoms with Gasteiger partial charge in [-0.25, -0.2) is 0 Å². The first-order chi connectivity index (χ1) is 15.0. The number of hydrogen-bond donors (Lipinski definition) is 3. The zero-order valence-electron chi connectivity index (χ0n) is 18.8. The summed E-state index contributed by atoms with van der Waals surface area (Å²) in [6.07, 6.45) is 8.53. The van der Waals surface area contributed by atoms with Crippen LogP contribution in [0.25, 0.3) is 0 Å². The van der Waals surface area contributed by atoms with Crippen molar-refractivity contribution in [2.75, 3.05) is 12.3 Å². The Morgan fingerprint density at radius 3 is 2.59 bits per heavy atom. The van der Waals surface area contributed by atoms with Crippen molar-refractivity contribution in [2.45, 2.75) is 70.8 Å². The van der Waals surface area contributed by atoms with Gasteiger partial charge in [0.05, 0.1) is 5.75 Å². The number of thiocarbonyl (C=S) groups is 1. The molecule has 0 aliphatic heterocycles. The van der Waals surface area contributed by atoms with Crippen molar-refractivity contribution in [2.24, 2.45) is 28.6 Å². The van der Waals surface area contributed by atoms with Crippen molar-refractivity contribution >= 4 is 45.8 Å². The lowest BCUT2D eigenvalue weighted by Gasteiger charge is -2.58. The quantitative estimate of drug-likeness (QED) is 0.515. The molecule has 0 aromatic carbocycles. The molecule has 32 heavy (non-hydrogen) atoms. The lowest BCUT2D eigenvalue weighted by Crippen LogP contribution is -2.58. The Labute approximate surface area is 199 Å². The second kappa shape index (κ2) is 8.51. The number of allylic oxidation sites excluding steroid dienone is 1. The van der Waals surface area contributed by atoms with Crippen molar-refractivity contribution < 1.29 is 24.6 Å². The topological polar surface area (TPSA) is 104 Å². The number of carboxylic acids is 1. The predicted octanol–water partition coefficient (Wildman–Crippen LogP) is 3.51. The minimum Gasteiger partial charge on any atom is -0.480 e. The summed E-state index contributed by atoms with van der Waals surface area (Å²) >= 11 is 6.22. The van der Waals surface area contributed by atoms with Gasteiger partial charge < -0.3 is 15.5 Å². The van der Waals surface area contributed by atoms with E-state index in [-0.39, 0.29) is 33.6 Å². The standard InChI is InChI=1S/C24H33NO5S2/c1-22-8-5-15(26)11-14(22)3-4-16-17(22)6-9-23(2)18(16)7-10-24(23,30)19(27)13-32-21(31)25-12-20(28)29/h11,16-18,30H,3-10,12-13H2,1-2H3,(H,25,31)(H,28,29)/t16-,17-,18-,22+,23+,24+/m1/s1. The minimum atomic E-state index is -1.36. The van der Waals surface area contributed by atoms with Gasteiger partial charge in [-0.05, 0) is 74.2 Å². The Bertz CT molecular complexity index is 888. The summed E-state index contributed by atoms with van der Waals surface area (Å²) in [7, 11) is 0. The summed E-state index contributed by atoms with van der Waals surface area (Å²) in [6, 6.07) is 0. The van der Waals surface area contributed by atoms with E-state index in [0.29, 0.717) is 30.6 Å². The van der Waals surface area contributed by atoms with E-state index >= 15 is 0 Å². The molecule has 4 rings (SSSR count). The zero-order valence-corrected chi connectivity index (χ0v) is 20.4. The monoisotopic (exact) mass is 479 g/mol. The molecule has 0 aromatic rings. The van der Waals surface area contributed by atoms with E-state index < -0.39 is 17.0 Å². The average molecular weight is 480 g/mol. The highest BCUT2D eigenvalue weighted by Gasteiger charge is 2.66. The van der Waals surface area contributed by atoms with Crippen molar-refractivity contribution in [1.29, 1.82) is 0 Å². The summed E-state index contributed by atoms with van der Waals surface area (Å²) in [4.78, 5) is 35.9. The van der Waals surface area contributed by atoms with Crippen LogP contribution in [-0.4, -0.2) is 50.0 Å². The Morgan fingerprint density at radius 2 is 1.88 bits per heavy atom. The van der Waals surface area contributed by atoms with Crippen LogP contribution in [0.15, 0.2) is 11.6 Å². The molecule has 4 aliphatic carbocycles. The number of ketones is 2. The number of nitrogens with one attached hydrogen (secondary N) is 1. The highest BCUT2D eigenvalue weighted by Crippen LogP contribution is 2.67. The molecule has 0 bridgehead atoms. The molecule has 0 saturated heterocycles. The van der Waals surface area contributed by atoms with Gasteiger partial charge in [0.1, 0.15) is 16.5 Å². The molecule has 3 saturated carbocycles. The molecule has 0 spiro atoms. The van der Waals surface area contributed by atoms with Crippen LogP contribution < -0.4 is 5.32 Å². The lowest BCUT2D eigenvalue weighted by atomic mass is 9.46. The molecule has 6 atom stereocenters. The largest absolute Gasteiger partial charge is 0.480 e. The van der Waals surface area contributed by atoms with Gasteiger partial charge in [0.15, 0.2) is 11.6 Å². The summed E-state index contributed by atoms with van der Waals surface area (Å²) in [5.74, 6) is 0.369. The van der Waals surface area contributed by atoms with Gasteiger partial charge in [-0.3, -0.25) is 14.4 Å². The lowest BCUT2D eigenvalue weighted by molar-refractivity contribution is -0.159. The van der Waals surface area contributed by atoms with Gasteiger partial charge in [-0.1, -0.05) is 43.4 Å². The molecular weight excluding hydrogens is 446 g/mol. The SMILES string of the molecule is C[C@]12CCC(=O)C=C1CC[C@@H]1[C@H]2CC[C@@]2(C)[C@@H]1CC[C@]2(O)C(=O)CSC(=S)NCC(=O)O. The molecule has 0 aromatic heterocycles. The Balaban J connectivity index is 1.48. The first-order valence-corrected chi connectivity index (χ1v) is 13.0. The Kier molecular flexibility index (Phi) is 6.36. The van der Waals surface area contributed by atoms with Gasteiger partial charge in [0.25, 0.3) is 0 Å². The third-order valence-corrected chi connectivity index (χ3v) is 10.6. The van der Waals surface area contributed by atoms with E-state index in [1.165, 1.54) is 5.57 Å². The van der Waals surface area contributed by atoms with Crippen LogP contribution in [0.4, 0.5) is 0 Å². The maximum Gasteiger partial charge on any atom is 0.322 e. The van der Waals surface area contributed by atoms with Crippen LogP contribution in [0.1, 0.15) is 65.2 Å². The molecule has 6 nitrogen and oxygen atoms in total. The zero-order chi connectivity index (χ0) is 23.3. The minimum absolute atomic E-state index is 0.0467. The van der Waals surface area contributed by atoms with Crippen LogP contribution in [0.3, 0.4) is 0 Å². The van der Waals surface area contributed by atoms with Crippen LogP contribution in [0.5, 0.6) is 0 Å². The second-order valence-electron chi connectivity index (χ2n) is 10.6. The fourth-order valence-corrected chi connectivity index (χ4v) is 8.41. The third-order valence-electron chi connectivity index (χ3n) is 9.29. The number of aliphatic hydroxyl groups is 1. The summed E-state index contributed by atoms with van der Waals surface area (Å²) in [5.41, 5.74) is -0.427. The van der Waals surface area contributed by atoms with E-state index in [0.717, 1.165) is 50.3 Å². The number of thioether (sulfide) groups is 1. The van der Waals surface area contributed by atoms with Gasteiger partial charge in [0, 0.05) is 11.8 Å². The van der Waals surface area contributed by atoms with Gasteiger partial charge in [-0.15, -0.1) is 0 Å². The van der Waals surface area contributed by atoms with Crippen molar-refractivity contribution in [1.82, 2.24) is 5.32 Å². The van der Waals surface area contributed by atoms with Crippen LogP contribution in [0.2, 0.25) is 0 Å². The molecule has 0 unspecified atom stereocenters. The second-order valence-corrected chi connectivity index (χ2v) is 12.2. The molecule has 0 heterocycles. The fourth-order valence-electron chi connectivity index (χ4n) is 7.48. The number of carbonyl (C=O) groups is 3. The summed E-state index contributed by atoms with van der Waals surface area (Å²) in [5, 5.41) is 23.1. The van der Waals surface area contributed by atoms with E-state index in [1.807, 2.05) is 6.08 Å². The van der Waals surface area contributed by atoms with Crippen molar-refractivity contribution in [3.8, 4) is 0 Å². The molecular formula is C24H33NO5S2. The van der Waals surface area contributed by atoms with Crippen molar-refractivity contribution in [3.63, 3.8) is 0 Å². The van der Waals surface area contributed by atoms with E-state index in [9.17, 15) is 19.5 Å².